The number of rotatable bonds is 2. The van der Waals surface area contributed by atoms with Gasteiger partial charge in [0.2, 0.25) is 5.15 Å². The zero-order valence-electron chi connectivity index (χ0n) is 8.27. The Morgan fingerprint density at radius 1 is 1.75 bits per heavy atom. The molecule has 0 radical (unpaired) electrons. The van der Waals surface area contributed by atoms with Gasteiger partial charge >= 0.3 is 5.69 Å². The van der Waals surface area contributed by atoms with Crippen molar-refractivity contribution in [2.24, 2.45) is 0 Å². The van der Waals surface area contributed by atoms with E-state index in [0.717, 1.165) is 6.20 Å². The predicted octanol–water partition coefficient (Wildman–Crippen LogP) is 1.32. The average molecular weight is 249 g/mol. The van der Waals surface area contributed by atoms with Gasteiger partial charge in [-0.25, -0.2) is 9.07 Å². The zero-order valence-corrected chi connectivity index (χ0v) is 9.02. The van der Waals surface area contributed by atoms with E-state index in [2.05, 4.69) is 10.4 Å². The van der Waals surface area contributed by atoms with E-state index in [1.807, 2.05) is 0 Å². The summed E-state index contributed by atoms with van der Waals surface area (Å²) in [5.74, 6) is 0. The predicted molar refractivity (Wildman–Crippen MR) is 55.3 cm³/mol. The second-order valence-electron chi connectivity index (χ2n) is 3.60. The minimum absolute atomic E-state index is 0.112. The molecule has 0 spiro atoms. The monoisotopic (exact) mass is 248 g/mol. The smallest absolute Gasteiger partial charge is 0.314 e. The summed E-state index contributed by atoms with van der Waals surface area (Å²) < 4.78 is 14.8. The van der Waals surface area contributed by atoms with Gasteiger partial charge in [-0.15, -0.1) is 0 Å². The van der Waals surface area contributed by atoms with Gasteiger partial charge in [0.15, 0.2) is 0 Å². The molecule has 1 aliphatic heterocycles. The molecule has 6 nitrogen and oxygen atoms in total. The highest BCUT2D eigenvalue weighted by Gasteiger charge is 2.31. The van der Waals surface area contributed by atoms with Crippen LogP contribution in [0.5, 0.6) is 0 Å². The molecule has 2 atom stereocenters. The molecule has 2 rings (SSSR count). The third kappa shape index (κ3) is 1.88. The van der Waals surface area contributed by atoms with E-state index in [0.29, 0.717) is 13.0 Å². The molecule has 8 heteroatoms. The standard InChI is InChI=1S/C8H10ClFN4O2/c9-8-7(14(15)16)4-12-13(8)6-1-2-11-3-5(6)10/h4-6,11H,1-3H2/t5-,6+/m1/s1. The average Bonchev–Trinajstić information content (AvgIpc) is 2.61. The van der Waals surface area contributed by atoms with Crippen LogP contribution in [-0.2, 0) is 0 Å². The Kier molecular flexibility index (Phi) is 3.06. The Morgan fingerprint density at radius 2 is 2.50 bits per heavy atom. The summed E-state index contributed by atoms with van der Waals surface area (Å²) in [5.41, 5.74) is -0.285. The Morgan fingerprint density at radius 3 is 3.06 bits per heavy atom. The van der Waals surface area contributed by atoms with Crippen LogP contribution in [0.4, 0.5) is 10.1 Å². The lowest BCUT2D eigenvalue weighted by Crippen LogP contribution is -2.39. The van der Waals surface area contributed by atoms with Gasteiger partial charge in [-0.05, 0) is 13.0 Å². The highest BCUT2D eigenvalue weighted by atomic mass is 35.5. The summed E-state index contributed by atoms with van der Waals surface area (Å²) in [6.07, 6.45) is 0.433. The number of alkyl halides is 1. The van der Waals surface area contributed by atoms with Crippen molar-refractivity contribution >= 4 is 17.3 Å². The molecule has 1 aromatic rings. The van der Waals surface area contributed by atoms with Crippen LogP contribution in [0.3, 0.4) is 0 Å². The maximum absolute atomic E-state index is 13.6. The summed E-state index contributed by atoms with van der Waals surface area (Å²) in [6.45, 7) is 0.865. The molecule has 0 saturated carbocycles. The second kappa shape index (κ2) is 4.34. The van der Waals surface area contributed by atoms with Crippen LogP contribution in [-0.4, -0.2) is 34.0 Å². The molecule has 0 aliphatic carbocycles. The molecule has 1 fully saturated rings. The lowest BCUT2D eigenvalue weighted by molar-refractivity contribution is -0.384. The molecule has 0 aromatic carbocycles. The first kappa shape index (κ1) is 11.3. The quantitative estimate of drug-likeness (QED) is 0.633. The van der Waals surface area contributed by atoms with Crippen molar-refractivity contribution < 1.29 is 9.31 Å². The number of nitrogens with zero attached hydrogens (tertiary/aromatic N) is 3. The SMILES string of the molecule is O=[N+]([O-])c1cnn([C@H]2CCNC[C@H]2F)c1Cl. The fraction of sp³-hybridized carbons (Fsp3) is 0.625. The van der Waals surface area contributed by atoms with Crippen LogP contribution in [0.25, 0.3) is 0 Å². The van der Waals surface area contributed by atoms with Crippen molar-refractivity contribution in [3.05, 3.63) is 21.5 Å². The van der Waals surface area contributed by atoms with Crippen molar-refractivity contribution in [1.29, 1.82) is 0 Å². The molecule has 0 amide bonds. The number of halogens is 2. The summed E-state index contributed by atoms with van der Waals surface area (Å²) in [4.78, 5) is 9.94. The minimum Gasteiger partial charge on any atom is -0.314 e. The molecule has 16 heavy (non-hydrogen) atoms. The molecule has 2 heterocycles. The number of nitrogens with one attached hydrogen (secondary N) is 1. The van der Waals surface area contributed by atoms with Crippen LogP contribution in [0.1, 0.15) is 12.5 Å². The van der Waals surface area contributed by atoms with E-state index in [9.17, 15) is 14.5 Å². The van der Waals surface area contributed by atoms with E-state index >= 15 is 0 Å². The van der Waals surface area contributed by atoms with Gasteiger partial charge in [-0.3, -0.25) is 10.1 Å². The van der Waals surface area contributed by atoms with Gasteiger partial charge in [0.05, 0.1) is 11.0 Å². The number of aromatic nitrogens is 2. The maximum atomic E-state index is 13.6. The highest BCUT2D eigenvalue weighted by Crippen LogP contribution is 2.30. The molecule has 1 N–H and O–H groups in total. The summed E-state index contributed by atoms with van der Waals surface area (Å²) in [6, 6.07) is -0.526. The van der Waals surface area contributed by atoms with Gasteiger partial charge in [0, 0.05) is 6.54 Å². The number of hydrogen-bond donors (Lipinski definition) is 1. The van der Waals surface area contributed by atoms with E-state index in [1.165, 1.54) is 4.68 Å². The molecule has 1 aromatic heterocycles. The van der Waals surface area contributed by atoms with Gasteiger partial charge in [0.25, 0.3) is 0 Å². The van der Waals surface area contributed by atoms with E-state index in [1.54, 1.807) is 0 Å². The molecule has 1 saturated heterocycles. The van der Waals surface area contributed by atoms with Gasteiger partial charge in [-0.2, -0.15) is 5.10 Å². The fourth-order valence-corrected chi connectivity index (χ4v) is 2.06. The van der Waals surface area contributed by atoms with Crippen LogP contribution >= 0.6 is 11.6 Å². The van der Waals surface area contributed by atoms with Crippen LogP contribution in [0.15, 0.2) is 6.20 Å². The van der Waals surface area contributed by atoms with Crippen molar-refractivity contribution in [2.45, 2.75) is 18.6 Å². The van der Waals surface area contributed by atoms with E-state index < -0.39 is 17.1 Å². The number of hydrogen-bond acceptors (Lipinski definition) is 4. The van der Waals surface area contributed by atoms with Crippen LogP contribution in [0, 0.1) is 10.1 Å². The Balaban J connectivity index is 2.29. The van der Waals surface area contributed by atoms with Crippen molar-refractivity contribution in [3.63, 3.8) is 0 Å². The Hall–Kier alpha value is -1.21. The maximum Gasteiger partial charge on any atom is 0.325 e. The lowest BCUT2D eigenvalue weighted by atomic mass is 10.1. The minimum atomic E-state index is -1.13. The molecule has 0 bridgehead atoms. The third-order valence-corrected chi connectivity index (χ3v) is 2.97. The van der Waals surface area contributed by atoms with Crippen molar-refractivity contribution in [2.75, 3.05) is 13.1 Å². The Labute approximate surface area is 95.5 Å². The van der Waals surface area contributed by atoms with Gasteiger partial charge < -0.3 is 5.32 Å². The summed E-state index contributed by atoms with van der Waals surface area (Å²) in [7, 11) is 0. The van der Waals surface area contributed by atoms with E-state index in [4.69, 9.17) is 11.6 Å². The summed E-state index contributed by atoms with van der Waals surface area (Å²) >= 11 is 5.79. The second-order valence-corrected chi connectivity index (χ2v) is 3.96. The van der Waals surface area contributed by atoms with Crippen LogP contribution in [0.2, 0.25) is 5.15 Å². The van der Waals surface area contributed by atoms with Crippen molar-refractivity contribution in [1.82, 2.24) is 15.1 Å². The van der Waals surface area contributed by atoms with Gasteiger partial charge in [0.1, 0.15) is 12.4 Å². The molecular weight excluding hydrogens is 239 g/mol. The first-order valence-corrected chi connectivity index (χ1v) is 5.21. The molecule has 1 aliphatic rings. The normalized spacial score (nSPS) is 25.6. The first-order valence-electron chi connectivity index (χ1n) is 4.83. The number of piperidine rings is 1. The Bertz CT molecular complexity index is 411. The van der Waals surface area contributed by atoms with Crippen LogP contribution < -0.4 is 5.32 Å². The fourth-order valence-electron chi connectivity index (χ4n) is 1.77. The zero-order chi connectivity index (χ0) is 11.7. The largest absolute Gasteiger partial charge is 0.325 e. The van der Waals surface area contributed by atoms with E-state index in [-0.39, 0.29) is 17.4 Å². The van der Waals surface area contributed by atoms with Gasteiger partial charge in [-0.1, -0.05) is 11.6 Å². The molecular formula is C8H10ClFN4O2. The summed E-state index contributed by atoms with van der Waals surface area (Å²) in [5, 5.41) is 17.1. The number of nitro groups is 1. The third-order valence-electron chi connectivity index (χ3n) is 2.60. The van der Waals surface area contributed by atoms with Crippen molar-refractivity contribution in [3.8, 4) is 0 Å². The first-order chi connectivity index (χ1) is 7.61. The molecule has 0 unspecified atom stereocenters. The topological polar surface area (TPSA) is 73.0 Å². The lowest BCUT2D eigenvalue weighted by Gasteiger charge is -2.26. The molecule has 88 valence electrons. The highest BCUT2D eigenvalue weighted by molar-refractivity contribution is 6.31.